The van der Waals surface area contributed by atoms with E-state index in [1.54, 1.807) is 31.8 Å². The van der Waals surface area contributed by atoms with E-state index in [0.29, 0.717) is 30.3 Å². The highest BCUT2D eigenvalue weighted by atomic mass is 32.1. The number of thiocarbonyl (C=S) groups is 1. The van der Waals surface area contributed by atoms with Crippen LogP contribution in [0.15, 0.2) is 91.4 Å². The lowest BCUT2D eigenvalue weighted by atomic mass is 9.96. The van der Waals surface area contributed by atoms with Crippen LogP contribution < -0.4 is 15.4 Å². The van der Waals surface area contributed by atoms with Crippen molar-refractivity contribution in [1.29, 1.82) is 5.26 Å². The van der Waals surface area contributed by atoms with Crippen molar-refractivity contribution in [2.75, 3.05) is 25.5 Å². The van der Waals surface area contributed by atoms with Crippen LogP contribution in [0.5, 0.6) is 5.75 Å². The van der Waals surface area contributed by atoms with E-state index < -0.39 is 0 Å². The highest BCUT2D eigenvalue weighted by Gasteiger charge is 2.25. The van der Waals surface area contributed by atoms with Gasteiger partial charge >= 0.3 is 0 Å². The molecule has 0 fully saturated rings. The average molecular weight is 623 g/mol. The second-order valence-corrected chi connectivity index (χ2v) is 11.8. The number of aromatic nitrogens is 2. The van der Waals surface area contributed by atoms with Crippen molar-refractivity contribution in [2.24, 2.45) is 5.92 Å². The first-order valence-corrected chi connectivity index (χ1v) is 15.7. The largest absolute Gasteiger partial charge is 0.497 e. The molecule has 0 bridgehead atoms. The van der Waals surface area contributed by atoms with Crippen molar-refractivity contribution in [1.82, 2.24) is 19.8 Å². The lowest BCUT2D eigenvalue weighted by Gasteiger charge is -2.35. The lowest BCUT2D eigenvalue weighted by Crippen LogP contribution is -2.51. The third-order valence-corrected chi connectivity index (χ3v) is 8.52. The van der Waals surface area contributed by atoms with Gasteiger partial charge in [-0.25, -0.2) is 4.98 Å². The van der Waals surface area contributed by atoms with E-state index in [2.05, 4.69) is 71.6 Å². The normalized spacial score (nSPS) is 12.8. The maximum Gasteiger partial charge on any atom is 0.226 e. The molecular weight excluding hydrogens is 581 g/mol. The minimum atomic E-state index is -0.129. The molecule has 8 nitrogen and oxygen atoms in total. The molecule has 0 aliphatic carbocycles. The van der Waals surface area contributed by atoms with Gasteiger partial charge in [-0.05, 0) is 71.6 Å². The lowest BCUT2D eigenvalue weighted by molar-refractivity contribution is -0.121. The predicted octanol–water partition coefficient (Wildman–Crippen LogP) is 6.39. The molecule has 4 aromatic rings. The summed E-state index contributed by atoms with van der Waals surface area (Å²) in [6.07, 6.45) is 4.59. The summed E-state index contributed by atoms with van der Waals surface area (Å²) >= 11 is 5.97. The van der Waals surface area contributed by atoms with E-state index >= 15 is 0 Å². The molecule has 0 radical (unpaired) electrons. The molecule has 3 aromatic carbocycles. The standard InChI is InChI=1S/C36H42N6O2S/c1-5-26(2)34(40-35(43)19-32-21-38-25-42(32)23-29-13-11-28(20-37)12-14-29)24-41(22-27(3)30-9-7-6-8-10-30)36(45)39-31-15-17-33(44-4)18-16-31/h6-18,21,25-27,34H,5,19,22-24H2,1-4H3,(H,39,45)(H,40,43)/t26-,27?,34+/m0/s1. The minimum absolute atomic E-state index is 0.0630. The maximum atomic E-state index is 13.5. The van der Waals surface area contributed by atoms with Gasteiger partial charge in [-0.1, -0.05) is 69.7 Å². The molecule has 1 aromatic heterocycles. The fourth-order valence-electron chi connectivity index (χ4n) is 5.17. The van der Waals surface area contributed by atoms with Crippen LogP contribution >= 0.6 is 12.2 Å². The molecule has 1 heterocycles. The van der Waals surface area contributed by atoms with Crippen molar-refractivity contribution in [3.8, 4) is 11.8 Å². The number of amides is 1. The summed E-state index contributed by atoms with van der Waals surface area (Å²) in [6, 6.07) is 27.6. The van der Waals surface area contributed by atoms with Crippen LogP contribution in [0.3, 0.4) is 0 Å². The molecule has 0 spiro atoms. The summed E-state index contributed by atoms with van der Waals surface area (Å²) in [7, 11) is 1.65. The highest BCUT2D eigenvalue weighted by Crippen LogP contribution is 2.21. The molecule has 4 rings (SSSR count). The van der Waals surface area contributed by atoms with Gasteiger partial charge in [0.15, 0.2) is 5.11 Å². The second kappa shape index (κ2) is 16.4. The number of hydrogen-bond donors (Lipinski definition) is 2. The monoisotopic (exact) mass is 622 g/mol. The molecule has 0 aliphatic heterocycles. The summed E-state index contributed by atoms with van der Waals surface area (Å²) in [6.45, 7) is 8.32. The fourth-order valence-corrected chi connectivity index (χ4v) is 5.43. The third-order valence-electron chi connectivity index (χ3n) is 8.16. The minimum Gasteiger partial charge on any atom is -0.497 e. The Kier molecular flexibility index (Phi) is 12.1. The molecule has 0 saturated heterocycles. The Bertz CT molecular complexity index is 1560. The van der Waals surface area contributed by atoms with Gasteiger partial charge < -0.3 is 24.8 Å². The van der Waals surface area contributed by atoms with Crippen molar-refractivity contribution in [3.05, 3.63) is 114 Å². The summed E-state index contributed by atoms with van der Waals surface area (Å²) in [5.41, 5.74) is 4.58. The number of nitriles is 1. The highest BCUT2D eigenvalue weighted by molar-refractivity contribution is 7.80. The molecule has 0 saturated carbocycles. The van der Waals surface area contributed by atoms with Crippen LogP contribution in [-0.2, 0) is 17.8 Å². The molecule has 0 aliphatic rings. The van der Waals surface area contributed by atoms with Gasteiger partial charge in [0.2, 0.25) is 5.91 Å². The number of nitrogens with one attached hydrogen (secondary N) is 2. The summed E-state index contributed by atoms with van der Waals surface area (Å²) in [5.74, 6) is 1.15. The van der Waals surface area contributed by atoms with Crippen molar-refractivity contribution in [2.45, 2.75) is 52.1 Å². The Hall–Kier alpha value is -4.68. The topological polar surface area (TPSA) is 95.2 Å². The predicted molar refractivity (Wildman–Crippen MR) is 183 cm³/mol. The zero-order chi connectivity index (χ0) is 32.2. The second-order valence-electron chi connectivity index (χ2n) is 11.4. The third kappa shape index (κ3) is 9.65. The van der Waals surface area contributed by atoms with Crippen LogP contribution in [0.25, 0.3) is 0 Å². The number of carbonyl (C=O) groups excluding carboxylic acids is 1. The number of benzene rings is 3. The maximum absolute atomic E-state index is 13.5. The zero-order valence-corrected chi connectivity index (χ0v) is 27.3. The van der Waals surface area contributed by atoms with Crippen molar-refractivity contribution in [3.63, 3.8) is 0 Å². The molecule has 1 unspecified atom stereocenters. The van der Waals surface area contributed by atoms with E-state index in [0.717, 1.165) is 29.1 Å². The summed E-state index contributed by atoms with van der Waals surface area (Å²) < 4.78 is 7.28. The van der Waals surface area contributed by atoms with Crippen LogP contribution in [0.1, 0.15) is 55.5 Å². The SMILES string of the molecule is CC[C@H](C)[C@@H](CN(CC(C)c1ccccc1)C(=S)Nc1ccc(OC)cc1)NC(=O)Cc1cncn1Cc1ccc(C#N)cc1. The Labute approximate surface area is 272 Å². The van der Waals surface area contributed by atoms with Crippen LogP contribution in [-0.4, -0.2) is 51.7 Å². The molecule has 9 heteroatoms. The number of nitrogens with zero attached hydrogens (tertiary/aromatic N) is 4. The Morgan fingerprint density at radius 1 is 1.04 bits per heavy atom. The summed E-state index contributed by atoms with van der Waals surface area (Å²) in [4.78, 5) is 20.0. The molecule has 3 atom stereocenters. The number of imidazole rings is 1. The Morgan fingerprint density at radius 2 is 1.76 bits per heavy atom. The first kappa shape index (κ1) is 33.2. The van der Waals surface area contributed by atoms with E-state index in [-0.39, 0.29) is 30.2 Å². The summed E-state index contributed by atoms with van der Waals surface area (Å²) in [5, 5.41) is 16.4. The first-order valence-electron chi connectivity index (χ1n) is 15.3. The quantitative estimate of drug-likeness (QED) is 0.158. The molecule has 45 heavy (non-hydrogen) atoms. The van der Waals surface area contributed by atoms with Gasteiger partial charge in [0.05, 0.1) is 31.5 Å². The van der Waals surface area contributed by atoms with Gasteiger partial charge in [0.1, 0.15) is 5.75 Å². The number of methoxy groups -OCH3 is 1. The van der Waals surface area contributed by atoms with E-state index in [9.17, 15) is 4.79 Å². The Balaban J connectivity index is 1.48. The van der Waals surface area contributed by atoms with Gasteiger partial charge in [-0.3, -0.25) is 4.79 Å². The number of ether oxygens (including phenoxy) is 1. The molecular formula is C36H42N6O2S. The van der Waals surface area contributed by atoms with Crippen LogP contribution in [0, 0.1) is 17.2 Å². The first-order chi connectivity index (χ1) is 21.8. The average Bonchev–Trinajstić information content (AvgIpc) is 3.50. The number of carbonyl (C=O) groups is 1. The number of rotatable bonds is 14. The Morgan fingerprint density at radius 3 is 2.40 bits per heavy atom. The molecule has 2 N–H and O–H groups in total. The van der Waals surface area contributed by atoms with Crippen LogP contribution in [0.2, 0.25) is 0 Å². The van der Waals surface area contributed by atoms with Gasteiger partial charge in [0, 0.05) is 43.3 Å². The van der Waals surface area contributed by atoms with Crippen molar-refractivity contribution >= 4 is 28.9 Å². The van der Waals surface area contributed by atoms with Crippen LogP contribution in [0.4, 0.5) is 5.69 Å². The van der Waals surface area contributed by atoms with Gasteiger partial charge in [-0.15, -0.1) is 0 Å². The zero-order valence-electron chi connectivity index (χ0n) is 26.4. The van der Waals surface area contributed by atoms with Gasteiger partial charge in [-0.2, -0.15) is 5.26 Å². The number of anilines is 1. The molecule has 1 amide bonds. The van der Waals surface area contributed by atoms with Crippen molar-refractivity contribution < 1.29 is 9.53 Å². The van der Waals surface area contributed by atoms with E-state index in [4.69, 9.17) is 22.2 Å². The molecule has 234 valence electrons. The van der Waals surface area contributed by atoms with E-state index in [1.165, 1.54) is 5.56 Å². The fraction of sp³-hybridized carbons (Fsp3) is 0.333. The number of hydrogen-bond acceptors (Lipinski definition) is 5. The van der Waals surface area contributed by atoms with Gasteiger partial charge in [0.25, 0.3) is 0 Å². The van der Waals surface area contributed by atoms with E-state index in [1.807, 2.05) is 47.0 Å². The smallest absolute Gasteiger partial charge is 0.226 e.